The van der Waals surface area contributed by atoms with Gasteiger partial charge in [0, 0.05) is 31.2 Å². The van der Waals surface area contributed by atoms with Crippen molar-refractivity contribution in [2.45, 2.75) is 77.9 Å². The van der Waals surface area contributed by atoms with Crippen molar-refractivity contribution in [2.24, 2.45) is 11.8 Å². The van der Waals surface area contributed by atoms with E-state index in [-0.39, 0.29) is 35.3 Å². The first kappa shape index (κ1) is 32.1. The lowest BCUT2D eigenvalue weighted by atomic mass is 9.86. The zero-order chi connectivity index (χ0) is 30.4. The summed E-state index contributed by atoms with van der Waals surface area (Å²) in [7, 11) is -3.16. The van der Waals surface area contributed by atoms with Crippen LogP contribution < -0.4 is 19.7 Å². The number of anilines is 1. The van der Waals surface area contributed by atoms with E-state index in [9.17, 15) is 17.6 Å². The number of sulfonamides is 1. The van der Waals surface area contributed by atoms with Gasteiger partial charge in [0.25, 0.3) is 5.91 Å². The molecule has 1 amide bonds. The average molecular weight is 605 g/mol. The maximum atomic E-state index is 14.3. The Morgan fingerprint density at radius 1 is 1.07 bits per heavy atom. The number of halogens is 1. The molecule has 1 saturated heterocycles. The van der Waals surface area contributed by atoms with Crippen molar-refractivity contribution in [3.05, 3.63) is 42.1 Å². The van der Waals surface area contributed by atoms with Gasteiger partial charge in [-0.3, -0.25) is 4.79 Å². The third-order valence-corrected chi connectivity index (χ3v) is 8.84. The molecule has 1 atom stereocenters. The van der Waals surface area contributed by atoms with Gasteiger partial charge in [-0.1, -0.05) is 0 Å². The molecule has 42 heavy (non-hydrogen) atoms. The molecule has 12 heteroatoms. The molecule has 1 aromatic carbocycles. The maximum Gasteiger partial charge on any atom is 0.258 e. The Bertz CT molecular complexity index is 1310. The largest absolute Gasteiger partial charge is 0.451 e. The second kappa shape index (κ2) is 14.1. The Balaban J connectivity index is 1.35. The van der Waals surface area contributed by atoms with Crippen LogP contribution in [0.2, 0.25) is 0 Å². The summed E-state index contributed by atoms with van der Waals surface area (Å²) in [4.78, 5) is 26.0. The number of hydrogen-bond acceptors (Lipinski definition) is 8. The Morgan fingerprint density at radius 2 is 1.76 bits per heavy atom. The number of ether oxygens (including phenoxy) is 1. The molecule has 2 aromatic rings. The summed E-state index contributed by atoms with van der Waals surface area (Å²) < 4.78 is 46.2. The van der Waals surface area contributed by atoms with Gasteiger partial charge in [0.2, 0.25) is 10.0 Å². The van der Waals surface area contributed by atoms with Crippen molar-refractivity contribution in [1.29, 1.82) is 0 Å². The highest BCUT2D eigenvalue weighted by atomic mass is 32.2. The Kier molecular flexibility index (Phi) is 10.8. The maximum absolute atomic E-state index is 14.3. The number of aromatic nitrogens is 2. The molecule has 2 heterocycles. The number of hydrogen-bond donors (Lipinski definition) is 2. The zero-order valence-electron chi connectivity index (χ0n) is 25.3. The highest BCUT2D eigenvalue weighted by molar-refractivity contribution is 7.88. The van der Waals surface area contributed by atoms with Crippen molar-refractivity contribution in [3.63, 3.8) is 0 Å². The molecule has 1 aromatic heterocycles. The molecule has 2 fully saturated rings. The molecular weight excluding hydrogens is 559 g/mol. The summed E-state index contributed by atoms with van der Waals surface area (Å²) in [6.07, 6.45) is 9.07. The van der Waals surface area contributed by atoms with E-state index >= 15 is 0 Å². The van der Waals surface area contributed by atoms with Crippen molar-refractivity contribution < 1.29 is 22.3 Å². The number of carbonyl (C=O) groups is 1. The first-order chi connectivity index (χ1) is 19.9. The summed E-state index contributed by atoms with van der Waals surface area (Å²) in [6.45, 7) is 11.2. The molecule has 0 radical (unpaired) electrons. The van der Waals surface area contributed by atoms with Gasteiger partial charge in [-0.05, 0) is 103 Å². The quantitative estimate of drug-likeness (QED) is 0.371. The average Bonchev–Trinajstić information content (AvgIpc) is 3.38. The van der Waals surface area contributed by atoms with Gasteiger partial charge >= 0.3 is 0 Å². The fraction of sp³-hybridized carbons (Fsp3) is 0.633. The van der Waals surface area contributed by atoms with Crippen LogP contribution in [-0.2, 0) is 10.0 Å². The lowest BCUT2D eigenvalue weighted by Crippen LogP contribution is -2.42. The minimum Gasteiger partial charge on any atom is -0.451 e. The van der Waals surface area contributed by atoms with Crippen molar-refractivity contribution in [1.82, 2.24) is 24.9 Å². The minimum atomic E-state index is -3.16. The predicted molar refractivity (Wildman–Crippen MR) is 162 cm³/mol. The molecule has 1 aliphatic heterocycles. The lowest BCUT2D eigenvalue weighted by molar-refractivity contribution is 0.0640. The molecule has 0 spiro atoms. The van der Waals surface area contributed by atoms with Crippen LogP contribution in [-0.4, -0.2) is 79.8 Å². The van der Waals surface area contributed by atoms with Crippen LogP contribution in [0.1, 0.15) is 70.2 Å². The van der Waals surface area contributed by atoms with E-state index in [2.05, 4.69) is 24.9 Å². The minimum absolute atomic E-state index is 0.0531. The van der Waals surface area contributed by atoms with Crippen LogP contribution in [0.4, 0.5) is 10.2 Å². The third kappa shape index (κ3) is 8.61. The number of nitrogens with one attached hydrogen (secondary N) is 2. The molecular formula is C30H45FN6O4S. The highest BCUT2D eigenvalue weighted by Gasteiger charge is 2.29. The van der Waals surface area contributed by atoms with Crippen LogP contribution in [0.15, 0.2) is 30.7 Å². The van der Waals surface area contributed by atoms with Crippen molar-refractivity contribution in [2.75, 3.05) is 37.3 Å². The van der Waals surface area contributed by atoms with E-state index in [1.54, 1.807) is 11.1 Å². The Morgan fingerprint density at radius 3 is 2.43 bits per heavy atom. The fourth-order valence-corrected chi connectivity index (χ4v) is 7.01. The van der Waals surface area contributed by atoms with Gasteiger partial charge in [0.05, 0.1) is 18.0 Å². The molecule has 2 aliphatic rings. The van der Waals surface area contributed by atoms with Crippen LogP contribution in [0.25, 0.3) is 0 Å². The standard InChI is InChI=1S/C30H45FN6O4S/c1-20(2)37(21(3)4)30(38)26-14-24(31)8-11-27(26)41-28-17-33-19-34-29(28)36-13-12-23(18-36)16-32-15-22-6-9-25(10-7-22)35-42(5,39)40/h8,11,14,17,19-23,25,32,35H,6-7,9-10,12-13,15-16,18H2,1-5H3/t22?,23-,25?/m0/s1. The molecule has 1 aliphatic carbocycles. The van der Waals surface area contributed by atoms with E-state index < -0.39 is 15.8 Å². The van der Waals surface area contributed by atoms with Gasteiger partial charge in [-0.25, -0.2) is 27.5 Å². The summed E-state index contributed by atoms with van der Waals surface area (Å²) in [5.41, 5.74) is 0.164. The van der Waals surface area contributed by atoms with E-state index in [4.69, 9.17) is 4.74 Å². The normalized spacial score (nSPS) is 21.2. The molecule has 232 valence electrons. The predicted octanol–water partition coefficient (Wildman–Crippen LogP) is 4.19. The van der Waals surface area contributed by atoms with Gasteiger partial charge in [0.15, 0.2) is 11.6 Å². The van der Waals surface area contributed by atoms with Crippen LogP contribution >= 0.6 is 0 Å². The van der Waals surface area contributed by atoms with Crippen LogP contribution in [0.3, 0.4) is 0 Å². The van der Waals surface area contributed by atoms with Gasteiger partial charge in [0.1, 0.15) is 17.9 Å². The second-order valence-electron chi connectivity index (χ2n) is 12.2. The molecule has 0 bridgehead atoms. The third-order valence-electron chi connectivity index (χ3n) is 8.08. The van der Waals surface area contributed by atoms with Gasteiger partial charge in [-0.15, -0.1) is 0 Å². The van der Waals surface area contributed by atoms with Crippen LogP contribution in [0.5, 0.6) is 11.5 Å². The number of carbonyl (C=O) groups excluding carboxylic acids is 1. The summed E-state index contributed by atoms with van der Waals surface area (Å²) in [5, 5.41) is 3.63. The number of benzene rings is 1. The van der Waals surface area contributed by atoms with Crippen molar-refractivity contribution >= 4 is 21.7 Å². The first-order valence-electron chi connectivity index (χ1n) is 14.9. The summed E-state index contributed by atoms with van der Waals surface area (Å²) in [5.74, 6) is 1.53. The zero-order valence-corrected chi connectivity index (χ0v) is 26.2. The lowest BCUT2D eigenvalue weighted by Gasteiger charge is -2.31. The first-order valence-corrected chi connectivity index (χ1v) is 16.8. The number of rotatable bonds is 12. The Hall–Kier alpha value is -2.83. The summed E-state index contributed by atoms with van der Waals surface area (Å²) in [6, 6.07) is 3.93. The van der Waals surface area contributed by atoms with E-state index in [0.29, 0.717) is 23.4 Å². The monoisotopic (exact) mass is 604 g/mol. The molecule has 4 rings (SSSR count). The molecule has 0 unspecified atom stereocenters. The fourth-order valence-electron chi connectivity index (χ4n) is 6.17. The smallest absolute Gasteiger partial charge is 0.258 e. The van der Waals surface area contributed by atoms with Crippen molar-refractivity contribution in [3.8, 4) is 11.5 Å². The van der Waals surface area contributed by atoms with E-state index in [0.717, 1.165) is 58.3 Å². The van der Waals surface area contributed by atoms with Gasteiger partial charge < -0.3 is 19.9 Å². The van der Waals surface area contributed by atoms with Crippen LogP contribution in [0, 0.1) is 17.7 Å². The number of nitrogens with zero attached hydrogens (tertiary/aromatic N) is 4. The SMILES string of the molecule is CC(C)N(C(=O)c1cc(F)ccc1Oc1cncnc1N1CC[C@@H](CNCC2CCC(NS(C)(=O)=O)CC2)C1)C(C)C. The molecule has 1 saturated carbocycles. The number of amides is 1. The van der Waals surface area contributed by atoms with E-state index in [1.165, 1.54) is 30.8 Å². The van der Waals surface area contributed by atoms with E-state index in [1.807, 2.05) is 27.7 Å². The topological polar surface area (TPSA) is 117 Å². The van der Waals surface area contributed by atoms with Gasteiger partial charge in [-0.2, -0.15) is 0 Å². The Labute approximate surface area is 249 Å². The second-order valence-corrected chi connectivity index (χ2v) is 14.0. The molecule has 2 N–H and O–H groups in total. The highest BCUT2D eigenvalue weighted by Crippen LogP contribution is 2.35. The summed E-state index contributed by atoms with van der Waals surface area (Å²) >= 11 is 0. The molecule has 10 nitrogen and oxygen atoms in total.